The van der Waals surface area contributed by atoms with Gasteiger partial charge in [0.15, 0.2) is 0 Å². The number of halogens is 2. The molecule has 0 fully saturated rings. The van der Waals surface area contributed by atoms with Gasteiger partial charge in [-0.3, -0.25) is 0 Å². The highest BCUT2D eigenvalue weighted by Gasteiger charge is 2.12. The molecule has 1 heterocycles. The van der Waals surface area contributed by atoms with Crippen molar-refractivity contribution in [3.63, 3.8) is 0 Å². The number of aromatic amines is 1. The number of imidazole rings is 1. The molecule has 1 aromatic heterocycles. The summed E-state index contributed by atoms with van der Waals surface area (Å²) in [7, 11) is 5.69. The zero-order chi connectivity index (χ0) is 24.6. The Morgan fingerprint density at radius 2 is 1.35 bits per heavy atom. The summed E-state index contributed by atoms with van der Waals surface area (Å²) in [6, 6.07) is 12.5. The fraction of sp³-hybridized carbons (Fsp3) is 0.483. The average Bonchev–Trinajstić information content (AvgIpc) is 3.28. The van der Waals surface area contributed by atoms with Crippen LogP contribution in [0.1, 0.15) is 93.6 Å². The number of hydrogen-bond acceptors (Lipinski definition) is 1. The van der Waals surface area contributed by atoms with E-state index in [0.717, 1.165) is 17.5 Å². The van der Waals surface area contributed by atoms with Crippen LogP contribution in [0.25, 0.3) is 0 Å². The van der Waals surface area contributed by atoms with Gasteiger partial charge in [0.05, 0.1) is 19.9 Å². The summed E-state index contributed by atoms with van der Waals surface area (Å²) in [4.78, 5) is 7.77. The third-order valence-corrected chi connectivity index (χ3v) is 6.09. The highest BCUT2D eigenvalue weighted by atomic mass is 19.1. The number of hydrogen-bond donors (Lipinski definition) is 1. The van der Waals surface area contributed by atoms with Crippen molar-refractivity contribution in [1.29, 1.82) is 0 Å². The zero-order valence-corrected chi connectivity index (χ0v) is 20.8. The minimum atomic E-state index is -0.308. The Balaban J connectivity index is 0.000000240. The molecule has 0 bridgehead atoms. The highest BCUT2D eigenvalue weighted by Crippen LogP contribution is 2.28. The van der Waals surface area contributed by atoms with Crippen LogP contribution >= 0.6 is 0 Å². The second kappa shape index (κ2) is 16.2. The Kier molecular flexibility index (Phi) is 13.3. The topological polar surface area (TPSA) is 28.7 Å². The molecule has 2 radical (unpaired) electrons. The van der Waals surface area contributed by atoms with Gasteiger partial charge >= 0.3 is 0 Å². The first-order chi connectivity index (χ1) is 16.6. The van der Waals surface area contributed by atoms with Gasteiger partial charge < -0.3 is 4.98 Å². The summed E-state index contributed by atoms with van der Waals surface area (Å²) in [5.41, 5.74) is 4.23. The lowest BCUT2D eigenvalue weighted by molar-refractivity contribution is 0.621. The lowest BCUT2D eigenvalue weighted by atomic mass is 9.81. The molecule has 5 heteroatoms. The second-order valence-electron chi connectivity index (χ2n) is 8.85. The van der Waals surface area contributed by atoms with Gasteiger partial charge in [-0.05, 0) is 61.1 Å². The van der Waals surface area contributed by atoms with Crippen molar-refractivity contribution in [2.75, 3.05) is 0 Å². The van der Waals surface area contributed by atoms with Gasteiger partial charge in [0.2, 0.25) is 0 Å². The Bertz CT molecular complexity index is 869. The van der Waals surface area contributed by atoms with Crippen molar-refractivity contribution < 1.29 is 8.78 Å². The zero-order valence-electron chi connectivity index (χ0n) is 20.8. The van der Waals surface area contributed by atoms with Gasteiger partial charge in [0, 0.05) is 11.6 Å². The van der Waals surface area contributed by atoms with Crippen molar-refractivity contribution >= 4 is 7.85 Å². The molecule has 2 nitrogen and oxygen atoms in total. The molecule has 2 aromatic carbocycles. The quantitative estimate of drug-likeness (QED) is 0.200. The monoisotopic (exact) mass is 464 g/mol. The van der Waals surface area contributed by atoms with E-state index in [-0.39, 0.29) is 17.6 Å². The van der Waals surface area contributed by atoms with Gasteiger partial charge in [-0.25, -0.2) is 13.8 Å². The van der Waals surface area contributed by atoms with Crippen molar-refractivity contribution in [2.45, 2.75) is 90.3 Å². The minimum absolute atomic E-state index is 0.179. The van der Waals surface area contributed by atoms with Crippen LogP contribution in [0, 0.1) is 11.6 Å². The summed E-state index contributed by atoms with van der Waals surface area (Å²) < 4.78 is 26.3. The lowest BCUT2D eigenvalue weighted by Crippen LogP contribution is -2.01. The number of unbranched alkanes of at least 4 members (excludes halogenated alkanes) is 6. The molecule has 0 aliphatic rings. The van der Waals surface area contributed by atoms with E-state index < -0.39 is 0 Å². The van der Waals surface area contributed by atoms with E-state index >= 15 is 0 Å². The van der Waals surface area contributed by atoms with Crippen molar-refractivity contribution in [3.05, 3.63) is 89.0 Å². The van der Waals surface area contributed by atoms with Crippen LogP contribution in [0.2, 0.25) is 6.32 Å². The lowest BCUT2D eigenvalue weighted by Gasteiger charge is -2.16. The second-order valence-corrected chi connectivity index (χ2v) is 8.85. The third-order valence-electron chi connectivity index (χ3n) is 6.09. The van der Waals surface area contributed by atoms with Crippen molar-refractivity contribution in [1.82, 2.24) is 9.97 Å². The molecule has 3 aromatic rings. The Hall–Kier alpha value is -2.43. The van der Waals surface area contributed by atoms with Crippen LogP contribution in [-0.4, -0.2) is 17.8 Å². The number of aryl methyl sites for hydroxylation is 2. The number of benzene rings is 2. The first-order valence-electron chi connectivity index (χ1n) is 12.8. The van der Waals surface area contributed by atoms with Gasteiger partial charge in [-0.1, -0.05) is 83.0 Å². The standard InChI is InChI=1S/C15H28N2.C14H11BF2/c1-3-5-7-9-11-14-15(17-13-16-14)12-10-8-6-4-2;15-9-14(10-3-1-5-12(16)7-10)11-4-2-6-13(17)8-11/h13H,3-12H2,1-2H3,(H,16,17);1-8,14H,9H2. The number of nitrogens with one attached hydrogen (secondary N) is 1. The predicted molar refractivity (Wildman–Crippen MR) is 139 cm³/mol. The largest absolute Gasteiger partial charge is 0.348 e. The number of H-pyrrole nitrogens is 1. The molecule has 0 spiro atoms. The van der Waals surface area contributed by atoms with Gasteiger partial charge in [-0.2, -0.15) is 0 Å². The summed E-state index contributed by atoms with van der Waals surface area (Å²) in [5.74, 6) is -0.795. The van der Waals surface area contributed by atoms with E-state index in [2.05, 4.69) is 23.8 Å². The van der Waals surface area contributed by atoms with E-state index in [4.69, 9.17) is 7.85 Å². The average molecular weight is 464 g/mol. The summed E-state index contributed by atoms with van der Waals surface area (Å²) in [5, 5.41) is 0. The molecule has 0 atom stereocenters. The maximum atomic E-state index is 13.1. The molecule has 34 heavy (non-hydrogen) atoms. The number of aromatic nitrogens is 2. The van der Waals surface area contributed by atoms with E-state index in [1.807, 2.05) is 6.33 Å². The fourth-order valence-corrected chi connectivity index (χ4v) is 4.14. The molecule has 0 unspecified atom stereocenters. The normalized spacial score (nSPS) is 10.9. The van der Waals surface area contributed by atoms with Crippen LogP contribution < -0.4 is 0 Å². The summed E-state index contributed by atoms with van der Waals surface area (Å²) >= 11 is 0. The van der Waals surface area contributed by atoms with E-state index in [9.17, 15) is 8.78 Å². The fourth-order valence-electron chi connectivity index (χ4n) is 4.14. The highest BCUT2D eigenvalue weighted by molar-refractivity contribution is 6.09. The van der Waals surface area contributed by atoms with Crippen LogP contribution in [0.5, 0.6) is 0 Å². The molecular weight excluding hydrogens is 425 g/mol. The molecular formula is C29H39BF2N2. The molecule has 0 saturated carbocycles. The molecule has 0 aliphatic heterocycles. The molecule has 0 saturated heterocycles. The van der Waals surface area contributed by atoms with Gasteiger partial charge in [0.25, 0.3) is 0 Å². The van der Waals surface area contributed by atoms with Crippen molar-refractivity contribution in [3.8, 4) is 0 Å². The number of nitrogens with zero attached hydrogens (tertiary/aromatic N) is 1. The van der Waals surface area contributed by atoms with Gasteiger partial charge in [-0.15, -0.1) is 0 Å². The smallest absolute Gasteiger partial charge is 0.123 e. The first-order valence-corrected chi connectivity index (χ1v) is 12.8. The van der Waals surface area contributed by atoms with E-state index in [1.165, 1.54) is 93.4 Å². The minimum Gasteiger partial charge on any atom is -0.348 e. The van der Waals surface area contributed by atoms with Crippen LogP contribution in [0.4, 0.5) is 8.78 Å². The van der Waals surface area contributed by atoms with Crippen LogP contribution in [-0.2, 0) is 12.8 Å². The number of rotatable bonds is 13. The maximum Gasteiger partial charge on any atom is 0.123 e. The predicted octanol–water partition coefficient (Wildman–Crippen LogP) is 8.34. The molecule has 0 amide bonds. The Morgan fingerprint density at radius 1 is 0.794 bits per heavy atom. The summed E-state index contributed by atoms with van der Waals surface area (Å²) in [6.07, 6.45) is 15.2. The Labute approximate surface area is 206 Å². The summed E-state index contributed by atoms with van der Waals surface area (Å²) in [6.45, 7) is 4.52. The van der Waals surface area contributed by atoms with Crippen LogP contribution in [0.3, 0.4) is 0 Å². The first kappa shape index (κ1) is 27.8. The van der Waals surface area contributed by atoms with Crippen molar-refractivity contribution in [2.24, 2.45) is 0 Å². The SMILES string of the molecule is CCCCCCc1nc[nH]c1CCCCCC.[B]CC(c1cccc(F)c1)c1cccc(F)c1. The molecule has 0 aliphatic carbocycles. The maximum absolute atomic E-state index is 13.1. The van der Waals surface area contributed by atoms with E-state index in [0.29, 0.717) is 6.32 Å². The van der Waals surface area contributed by atoms with Gasteiger partial charge in [0.1, 0.15) is 11.6 Å². The van der Waals surface area contributed by atoms with Crippen LogP contribution in [0.15, 0.2) is 54.9 Å². The molecule has 3 rings (SSSR count). The molecule has 182 valence electrons. The Morgan fingerprint density at radius 3 is 1.85 bits per heavy atom. The third kappa shape index (κ3) is 9.83. The molecule has 1 N–H and O–H groups in total. The van der Waals surface area contributed by atoms with E-state index in [1.54, 1.807) is 24.3 Å².